The Morgan fingerprint density at radius 2 is 1.65 bits per heavy atom. The highest BCUT2D eigenvalue weighted by atomic mass is 32.1. The van der Waals surface area contributed by atoms with E-state index in [0.29, 0.717) is 13.1 Å². The second-order valence-electron chi connectivity index (χ2n) is 4.73. The molecule has 0 spiro atoms. The van der Waals surface area contributed by atoms with Crippen LogP contribution in [0.2, 0.25) is 0 Å². The maximum absolute atomic E-state index is 9.16. The first-order valence-electron chi connectivity index (χ1n) is 6.87. The summed E-state index contributed by atoms with van der Waals surface area (Å²) in [6.45, 7) is 2.23. The summed E-state index contributed by atoms with van der Waals surface area (Å²) in [6, 6.07) is 14.6. The molecule has 1 heterocycles. The minimum Gasteiger partial charge on any atom is -0.395 e. The molecular weight excluding hydrogens is 270 g/mol. The molecule has 0 fully saturated rings. The van der Waals surface area contributed by atoms with Crippen molar-refractivity contribution in [1.82, 2.24) is 4.90 Å². The fraction of sp³-hybridized carbons (Fsp3) is 0.375. The highest BCUT2D eigenvalue weighted by molar-refractivity contribution is 7.10. The zero-order valence-corrected chi connectivity index (χ0v) is 12.3. The van der Waals surface area contributed by atoms with Gasteiger partial charge in [0.1, 0.15) is 0 Å². The first kappa shape index (κ1) is 15.2. The molecule has 0 bridgehead atoms. The van der Waals surface area contributed by atoms with Gasteiger partial charge in [-0.15, -0.1) is 11.3 Å². The van der Waals surface area contributed by atoms with E-state index < -0.39 is 0 Å². The minimum absolute atomic E-state index is 0.117. The highest BCUT2D eigenvalue weighted by Gasteiger charge is 2.18. The Hall–Kier alpha value is -1.20. The summed E-state index contributed by atoms with van der Waals surface area (Å²) in [5, 5.41) is 20.4. The fourth-order valence-electron chi connectivity index (χ4n) is 2.37. The van der Waals surface area contributed by atoms with Crippen LogP contribution in [0.15, 0.2) is 47.8 Å². The van der Waals surface area contributed by atoms with Crippen molar-refractivity contribution in [2.75, 3.05) is 32.8 Å². The van der Waals surface area contributed by atoms with Gasteiger partial charge in [-0.2, -0.15) is 0 Å². The zero-order valence-electron chi connectivity index (χ0n) is 11.5. The SMILES string of the molecule is OCCN(CCO)CC(c1ccccc1)c1cccs1. The Kier molecular flexibility index (Phi) is 6.21. The second-order valence-corrected chi connectivity index (χ2v) is 5.71. The molecule has 1 unspecified atom stereocenters. The Balaban J connectivity index is 2.19. The average Bonchev–Trinajstić information content (AvgIpc) is 3.00. The topological polar surface area (TPSA) is 43.7 Å². The number of hydrogen-bond acceptors (Lipinski definition) is 4. The van der Waals surface area contributed by atoms with Crippen molar-refractivity contribution in [3.8, 4) is 0 Å². The smallest absolute Gasteiger partial charge is 0.0558 e. The van der Waals surface area contributed by atoms with Crippen LogP contribution in [0.5, 0.6) is 0 Å². The third-order valence-corrected chi connectivity index (χ3v) is 4.35. The quantitative estimate of drug-likeness (QED) is 0.783. The van der Waals surface area contributed by atoms with Crippen LogP contribution in [-0.4, -0.2) is 48.0 Å². The van der Waals surface area contributed by atoms with E-state index in [4.69, 9.17) is 10.2 Å². The van der Waals surface area contributed by atoms with Crippen molar-refractivity contribution in [1.29, 1.82) is 0 Å². The van der Waals surface area contributed by atoms with Crippen LogP contribution in [-0.2, 0) is 0 Å². The molecule has 0 amide bonds. The van der Waals surface area contributed by atoms with Gasteiger partial charge < -0.3 is 10.2 Å². The third kappa shape index (κ3) is 4.15. The lowest BCUT2D eigenvalue weighted by Crippen LogP contribution is -2.33. The summed E-state index contributed by atoms with van der Waals surface area (Å²) < 4.78 is 0. The van der Waals surface area contributed by atoms with Gasteiger partial charge in [-0.25, -0.2) is 0 Å². The van der Waals surface area contributed by atoms with Gasteiger partial charge in [0.05, 0.1) is 13.2 Å². The number of rotatable bonds is 8. The number of thiophene rings is 1. The normalized spacial score (nSPS) is 12.8. The van der Waals surface area contributed by atoms with Gasteiger partial charge in [-0.3, -0.25) is 4.90 Å². The summed E-state index contributed by atoms with van der Waals surface area (Å²) in [7, 11) is 0. The van der Waals surface area contributed by atoms with Crippen LogP contribution < -0.4 is 0 Å². The lowest BCUT2D eigenvalue weighted by atomic mass is 9.97. The van der Waals surface area contributed by atoms with Gasteiger partial charge in [0, 0.05) is 30.4 Å². The average molecular weight is 291 g/mol. The fourth-order valence-corrected chi connectivity index (χ4v) is 3.22. The summed E-state index contributed by atoms with van der Waals surface area (Å²) in [5.74, 6) is 0.286. The first-order valence-corrected chi connectivity index (χ1v) is 7.75. The van der Waals surface area contributed by atoms with E-state index in [-0.39, 0.29) is 19.1 Å². The van der Waals surface area contributed by atoms with Crippen LogP contribution >= 0.6 is 11.3 Å². The summed E-state index contributed by atoms with van der Waals surface area (Å²) in [4.78, 5) is 3.43. The van der Waals surface area contributed by atoms with Crippen molar-refractivity contribution in [2.45, 2.75) is 5.92 Å². The van der Waals surface area contributed by atoms with Crippen LogP contribution in [0.3, 0.4) is 0 Å². The third-order valence-electron chi connectivity index (χ3n) is 3.36. The molecule has 0 aliphatic rings. The van der Waals surface area contributed by atoms with Gasteiger partial charge >= 0.3 is 0 Å². The lowest BCUT2D eigenvalue weighted by molar-refractivity contribution is 0.158. The molecule has 4 heteroatoms. The predicted octanol–water partition coefficient (Wildman–Crippen LogP) is 2.17. The largest absolute Gasteiger partial charge is 0.395 e. The van der Waals surface area contributed by atoms with E-state index in [0.717, 1.165) is 6.54 Å². The molecule has 2 aromatic rings. The van der Waals surface area contributed by atoms with Gasteiger partial charge in [-0.1, -0.05) is 36.4 Å². The maximum atomic E-state index is 9.16. The summed E-state index contributed by atoms with van der Waals surface area (Å²) in [6.07, 6.45) is 0. The lowest BCUT2D eigenvalue weighted by Gasteiger charge is -2.26. The minimum atomic E-state index is 0.117. The molecular formula is C16H21NO2S. The predicted molar refractivity (Wildman–Crippen MR) is 83.2 cm³/mol. The van der Waals surface area contributed by atoms with E-state index in [2.05, 4.69) is 46.7 Å². The molecule has 0 radical (unpaired) electrons. The molecule has 3 nitrogen and oxygen atoms in total. The molecule has 0 aliphatic heterocycles. The van der Waals surface area contributed by atoms with Crippen LogP contribution in [0.25, 0.3) is 0 Å². The highest BCUT2D eigenvalue weighted by Crippen LogP contribution is 2.29. The maximum Gasteiger partial charge on any atom is 0.0558 e. The Labute approximate surface area is 124 Å². The van der Waals surface area contributed by atoms with Crippen LogP contribution in [0.1, 0.15) is 16.4 Å². The van der Waals surface area contributed by atoms with Crippen LogP contribution in [0.4, 0.5) is 0 Å². The van der Waals surface area contributed by atoms with E-state index in [1.54, 1.807) is 11.3 Å². The number of aliphatic hydroxyl groups excluding tert-OH is 2. The van der Waals surface area contributed by atoms with E-state index in [1.165, 1.54) is 10.4 Å². The standard InChI is InChI=1S/C16H21NO2S/c18-10-8-17(9-11-19)13-15(16-7-4-12-20-16)14-5-2-1-3-6-14/h1-7,12,15,18-19H,8-11,13H2. The van der Waals surface area contributed by atoms with Crippen molar-refractivity contribution < 1.29 is 10.2 Å². The Bertz CT molecular complexity index is 466. The Morgan fingerprint density at radius 3 is 2.20 bits per heavy atom. The van der Waals surface area contributed by atoms with Crippen molar-refractivity contribution in [3.05, 3.63) is 58.3 Å². The molecule has 2 rings (SSSR count). The molecule has 1 atom stereocenters. The number of nitrogens with zero attached hydrogens (tertiary/aromatic N) is 1. The number of aliphatic hydroxyl groups is 2. The summed E-state index contributed by atoms with van der Waals surface area (Å²) >= 11 is 1.75. The molecule has 0 saturated carbocycles. The zero-order chi connectivity index (χ0) is 14.2. The van der Waals surface area contributed by atoms with Crippen molar-refractivity contribution in [2.24, 2.45) is 0 Å². The van der Waals surface area contributed by atoms with Gasteiger partial charge in [0.25, 0.3) is 0 Å². The molecule has 0 aliphatic carbocycles. The monoisotopic (exact) mass is 291 g/mol. The van der Waals surface area contributed by atoms with Crippen LogP contribution in [0, 0.1) is 0 Å². The van der Waals surface area contributed by atoms with Gasteiger partial charge in [0.15, 0.2) is 0 Å². The van der Waals surface area contributed by atoms with E-state index in [1.807, 2.05) is 6.07 Å². The summed E-state index contributed by atoms with van der Waals surface area (Å²) in [5.41, 5.74) is 1.27. The van der Waals surface area contributed by atoms with Crippen molar-refractivity contribution >= 4 is 11.3 Å². The molecule has 2 N–H and O–H groups in total. The molecule has 20 heavy (non-hydrogen) atoms. The van der Waals surface area contributed by atoms with E-state index >= 15 is 0 Å². The van der Waals surface area contributed by atoms with Gasteiger partial charge in [0.2, 0.25) is 0 Å². The molecule has 108 valence electrons. The molecule has 0 saturated heterocycles. The second kappa shape index (κ2) is 8.17. The molecule has 1 aromatic heterocycles. The van der Waals surface area contributed by atoms with Crippen molar-refractivity contribution in [3.63, 3.8) is 0 Å². The Morgan fingerprint density at radius 1 is 0.950 bits per heavy atom. The first-order chi connectivity index (χ1) is 9.85. The number of hydrogen-bond donors (Lipinski definition) is 2. The molecule has 1 aromatic carbocycles. The van der Waals surface area contributed by atoms with E-state index in [9.17, 15) is 0 Å². The van der Waals surface area contributed by atoms with Gasteiger partial charge in [-0.05, 0) is 17.0 Å². The number of benzene rings is 1.